The number of alkyl halides is 4. The molecule has 4 saturated carbocycles. The average Bonchev–Trinajstić information content (AvgIpc) is 2.43. The van der Waals surface area contributed by atoms with E-state index < -0.39 is 11.8 Å². The van der Waals surface area contributed by atoms with Gasteiger partial charge in [-0.1, -0.05) is 6.07 Å². The summed E-state index contributed by atoms with van der Waals surface area (Å²) in [6.07, 6.45) is 0.611. The zero-order valence-electron chi connectivity index (χ0n) is 13.5. The quantitative estimate of drug-likeness (QED) is 0.748. The molecule has 0 heterocycles. The molecule has 1 N–H and O–H groups in total. The number of nitrogens with one attached hydrogen (secondary N) is 1. The maximum atomic E-state index is 13.0. The van der Waals surface area contributed by atoms with E-state index in [2.05, 4.69) is 10.1 Å². The SMILES string of the molecule is O=C(Nc1cccc(OC(F)(F)F)c1)C12C[C@H]3C[C@@H](CC(Cl)(C3)C1)C2. The molecule has 0 unspecified atom stereocenters. The fraction of sp³-hybridized carbons (Fsp3) is 0.611. The molecule has 1 aromatic carbocycles. The van der Waals surface area contributed by atoms with E-state index in [1.165, 1.54) is 18.2 Å². The monoisotopic (exact) mass is 373 g/mol. The van der Waals surface area contributed by atoms with E-state index in [1.807, 2.05) is 0 Å². The summed E-state index contributed by atoms with van der Waals surface area (Å²) in [5.41, 5.74) is -0.182. The van der Waals surface area contributed by atoms with Crippen molar-refractivity contribution < 1.29 is 22.7 Å². The van der Waals surface area contributed by atoms with Crippen LogP contribution < -0.4 is 10.1 Å². The van der Waals surface area contributed by atoms with E-state index in [9.17, 15) is 18.0 Å². The molecule has 3 nitrogen and oxygen atoms in total. The van der Waals surface area contributed by atoms with Crippen molar-refractivity contribution in [1.82, 2.24) is 0 Å². The number of carbonyl (C=O) groups is 1. The Morgan fingerprint density at radius 3 is 2.48 bits per heavy atom. The summed E-state index contributed by atoms with van der Waals surface area (Å²) >= 11 is 6.74. The van der Waals surface area contributed by atoms with Gasteiger partial charge in [0.05, 0.1) is 5.41 Å². The summed E-state index contributed by atoms with van der Waals surface area (Å²) in [7, 11) is 0. The summed E-state index contributed by atoms with van der Waals surface area (Å²) in [5, 5.41) is 2.80. The van der Waals surface area contributed by atoms with Crippen molar-refractivity contribution in [2.24, 2.45) is 17.3 Å². The molecule has 4 aliphatic rings. The van der Waals surface area contributed by atoms with Crippen LogP contribution in [0.3, 0.4) is 0 Å². The number of hydrogen-bond donors (Lipinski definition) is 1. The molecule has 1 amide bonds. The molecular weight excluding hydrogens is 355 g/mol. The summed E-state index contributed by atoms with van der Waals surface area (Å²) < 4.78 is 41.0. The molecule has 0 spiro atoms. The maximum absolute atomic E-state index is 13.0. The highest BCUT2D eigenvalue weighted by molar-refractivity contribution is 6.24. The van der Waals surface area contributed by atoms with Gasteiger partial charge in [-0.2, -0.15) is 0 Å². The molecule has 25 heavy (non-hydrogen) atoms. The van der Waals surface area contributed by atoms with Crippen molar-refractivity contribution in [3.63, 3.8) is 0 Å². The van der Waals surface area contributed by atoms with Crippen LogP contribution in [-0.4, -0.2) is 17.1 Å². The second kappa shape index (κ2) is 5.53. The average molecular weight is 374 g/mol. The third kappa shape index (κ3) is 3.33. The Hall–Kier alpha value is -1.43. The second-order valence-electron chi connectivity index (χ2n) is 7.92. The van der Waals surface area contributed by atoms with E-state index in [-0.39, 0.29) is 16.5 Å². The molecule has 136 valence electrons. The van der Waals surface area contributed by atoms with Gasteiger partial charge < -0.3 is 10.1 Å². The van der Waals surface area contributed by atoms with Crippen molar-refractivity contribution in [3.8, 4) is 5.75 Å². The number of anilines is 1. The van der Waals surface area contributed by atoms with E-state index in [4.69, 9.17) is 11.6 Å². The van der Waals surface area contributed by atoms with Gasteiger partial charge in [-0.3, -0.25) is 4.79 Å². The van der Waals surface area contributed by atoms with Crippen LogP contribution in [0.25, 0.3) is 0 Å². The largest absolute Gasteiger partial charge is 0.573 e. The number of hydrogen-bond acceptors (Lipinski definition) is 2. The van der Waals surface area contributed by atoms with Crippen LogP contribution in [0, 0.1) is 17.3 Å². The number of ether oxygens (including phenoxy) is 1. The van der Waals surface area contributed by atoms with Crippen molar-refractivity contribution in [2.45, 2.75) is 49.8 Å². The summed E-state index contributed by atoms with van der Waals surface area (Å²) in [5.74, 6) is 0.481. The van der Waals surface area contributed by atoms with Crippen molar-refractivity contribution in [3.05, 3.63) is 24.3 Å². The van der Waals surface area contributed by atoms with Crippen LogP contribution >= 0.6 is 11.6 Å². The first-order valence-corrected chi connectivity index (χ1v) is 8.89. The standard InChI is InChI=1S/C18H19ClF3NO2/c19-17-8-11-4-12(9-17)7-16(6-11,10-17)15(24)23-13-2-1-3-14(5-13)25-18(20,21)22/h1-3,5,11-12H,4,6-10H2,(H,23,24)/t11-,12-,16?,17?/m1/s1. The fourth-order valence-corrected chi connectivity index (χ4v) is 6.14. The Morgan fingerprint density at radius 1 is 1.20 bits per heavy atom. The molecule has 0 aliphatic heterocycles. The van der Waals surface area contributed by atoms with Gasteiger partial charge in [0.15, 0.2) is 0 Å². The van der Waals surface area contributed by atoms with E-state index in [0.717, 1.165) is 32.1 Å². The Labute approximate surface area is 148 Å². The number of rotatable bonds is 3. The van der Waals surface area contributed by atoms with Crippen molar-refractivity contribution in [1.29, 1.82) is 0 Å². The molecule has 1 aromatic rings. The van der Waals surface area contributed by atoms with Crippen LogP contribution in [0.15, 0.2) is 24.3 Å². The van der Waals surface area contributed by atoms with Gasteiger partial charge in [0.1, 0.15) is 5.75 Å². The van der Waals surface area contributed by atoms with Gasteiger partial charge >= 0.3 is 6.36 Å². The zero-order chi connectivity index (χ0) is 17.9. The topological polar surface area (TPSA) is 38.3 Å². The molecule has 4 fully saturated rings. The summed E-state index contributed by atoms with van der Waals surface area (Å²) in [6, 6.07) is 5.40. The van der Waals surface area contributed by atoms with Gasteiger partial charge in [-0.15, -0.1) is 24.8 Å². The first-order valence-electron chi connectivity index (χ1n) is 8.51. The normalized spacial score (nSPS) is 36.3. The minimum Gasteiger partial charge on any atom is -0.406 e. The van der Waals surface area contributed by atoms with Gasteiger partial charge in [0.2, 0.25) is 5.91 Å². The van der Waals surface area contributed by atoms with E-state index >= 15 is 0 Å². The maximum Gasteiger partial charge on any atom is 0.573 e. The Bertz CT molecular complexity index is 692. The molecule has 4 aliphatic carbocycles. The lowest BCUT2D eigenvalue weighted by molar-refractivity contribution is -0.274. The summed E-state index contributed by atoms with van der Waals surface area (Å²) in [4.78, 5) is 12.7. The third-order valence-electron chi connectivity index (χ3n) is 5.80. The van der Waals surface area contributed by atoms with Gasteiger partial charge in [-0.05, 0) is 62.5 Å². The third-order valence-corrected chi connectivity index (χ3v) is 6.24. The highest BCUT2D eigenvalue weighted by Gasteiger charge is 2.60. The van der Waals surface area contributed by atoms with Crippen molar-refractivity contribution >= 4 is 23.2 Å². The lowest BCUT2D eigenvalue weighted by Crippen LogP contribution is -2.57. The number of benzene rings is 1. The van der Waals surface area contributed by atoms with Crippen LogP contribution in [0.2, 0.25) is 0 Å². The molecule has 7 heteroatoms. The van der Waals surface area contributed by atoms with E-state index in [0.29, 0.717) is 23.9 Å². The predicted molar refractivity (Wildman–Crippen MR) is 87.5 cm³/mol. The van der Waals surface area contributed by atoms with Gasteiger partial charge in [0, 0.05) is 16.6 Å². The van der Waals surface area contributed by atoms with Gasteiger partial charge in [-0.25, -0.2) is 0 Å². The predicted octanol–water partition coefficient (Wildman–Crippen LogP) is 5.10. The number of carbonyl (C=O) groups excluding carboxylic acids is 1. The molecule has 2 atom stereocenters. The molecule has 0 radical (unpaired) electrons. The van der Waals surface area contributed by atoms with E-state index in [1.54, 1.807) is 6.07 Å². The fourth-order valence-electron chi connectivity index (χ4n) is 5.45. The van der Waals surface area contributed by atoms with Gasteiger partial charge in [0.25, 0.3) is 0 Å². The molecule has 4 bridgehead atoms. The molecule has 0 aromatic heterocycles. The highest BCUT2D eigenvalue weighted by atomic mass is 35.5. The van der Waals surface area contributed by atoms with Crippen molar-refractivity contribution in [2.75, 3.05) is 5.32 Å². The molecule has 5 rings (SSSR count). The first kappa shape index (κ1) is 17.0. The smallest absolute Gasteiger partial charge is 0.406 e. The summed E-state index contributed by atoms with van der Waals surface area (Å²) in [6.45, 7) is 0. The second-order valence-corrected chi connectivity index (χ2v) is 8.72. The Balaban J connectivity index is 1.52. The molecule has 0 saturated heterocycles. The van der Waals surface area contributed by atoms with Crippen LogP contribution in [0.4, 0.5) is 18.9 Å². The highest BCUT2D eigenvalue weighted by Crippen LogP contribution is 2.64. The lowest BCUT2D eigenvalue weighted by Gasteiger charge is -2.59. The Kier molecular flexibility index (Phi) is 3.76. The zero-order valence-corrected chi connectivity index (χ0v) is 14.3. The number of amides is 1. The van der Waals surface area contributed by atoms with Crippen LogP contribution in [0.1, 0.15) is 38.5 Å². The number of halogens is 4. The molecular formula is C18H19ClF3NO2. The minimum atomic E-state index is -4.76. The first-order chi connectivity index (χ1) is 11.6. The minimum absolute atomic E-state index is 0.129. The Morgan fingerprint density at radius 2 is 1.88 bits per heavy atom. The van der Waals surface area contributed by atoms with Crippen LogP contribution in [0.5, 0.6) is 5.75 Å². The van der Waals surface area contributed by atoms with Crippen LogP contribution in [-0.2, 0) is 4.79 Å². The lowest BCUT2D eigenvalue weighted by atomic mass is 9.49.